The van der Waals surface area contributed by atoms with E-state index in [1.807, 2.05) is 35.2 Å². The lowest BCUT2D eigenvalue weighted by atomic mass is 9.92. The average molecular weight is 366 g/mol. The van der Waals surface area contributed by atoms with Gasteiger partial charge in [-0.3, -0.25) is 4.79 Å². The lowest BCUT2D eigenvalue weighted by Gasteiger charge is -2.37. The van der Waals surface area contributed by atoms with Crippen LogP contribution in [0.5, 0.6) is 5.75 Å². The number of nitrogens with zero attached hydrogens (tertiary/aromatic N) is 2. The fourth-order valence-electron chi connectivity index (χ4n) is 4.09. The first-order chi connectivity index (χ1) is 13.2. The molecule has 0 radical (unpaired) electrons. The van der Waals surface area contributed by atoms with Gasteiger partial charge in [0.05, 0.1) is 31.9 Å². The van der Waals surface area contributed by atoms with E-state index < -0.39 is 0 Å². The van der Waals surface area contributed by atoms with Gasteiger partial charge in [0.2, 0.25) is 0 Å². The topological polar surface area (TPSA) is 42.0 Å². The molecule has 2 aliphatic heterocycles. The highest BCUT2D eigenvalue weighted by molar-refractivity contribution is 6.00. The number of carbonyl (C=O) groups is 1. The Hall–Kier alpha value is -2.53. The molecule has 2 aliphatic rings. The molecule has 0 saturated carbocycles. The number of para-hydroxylation sites is 1. The van der Waals surface area contributed by atoms with E-state index in [1.54, 1.807) is 7.11 Å². The molecule has 0 aromatic heterocycles. The Kier molecular flexibility index (Phi) is 5.03. The zero-order valence-electron chi connectivity index (χ0n) is 16.0. The molecule has 0 aliphatic carbocycles. The summed E-state index contributed by atoms with van der Waals surface area (Å²) in [6.07, 6.45) is 0.870. The number of hydrogen-bond donors (Lipinski definition) is 0. The van der Waals surface area contributed by atoms with Gasteiger partial charge in [0.1, 0.15) is 5.75 Å². The molecule has 0 unspecified atom stereocenters. The third-order valence-electron chi connectivity index (χ3n) is 5.64. The molecule has 1 saturated heterocycles. The third-order valence-corrected chi connectivity index (χ3v) is 5.64. The van der Waals surface area contributed by atoms with Gasteiger partial charge in [-0.2, -0.15) is 0 Å². The summed E-state index contributed by atoms with van der Waals surface area (Å²) < 4.78 is 10.9. The van der Waals surface area contributed by atoms with Crippen LogP contribution < -0.4 is 9.64 Å². The Bertz CT molecular complexity index is 830. The van der Waals surface area contributed by atoms with Crippen molar-refractivity contribution < 1.29 is 14.3 Å². The van der Waals surface area contributed by atoms with Crippen molar-refractivity contribution in [2.75, 3.05) is 44.9 Å². The maximum absolute atomic E-state index is 13.5. The third kappa shape index (κ3) is 3.39. The Morgan fingerprint density at radius 1 is 1.11 bits per heavy atom. The summed E-state index contributed by atoms with van der Waals surface area (Å²) in [5.41, 5.74) is 4.26. The summed E-state index contributed by atoms with van der Waals surface area (Å²) in [5, 5.41) is 0. The van der Waals surface area contributed by atoms with E-state index >= 15 is 0 Å². The maximum Gasteiger partial charge on any atom is 0.256 e. The zero-order valence-corrected chi connectivity index (χ0v) is 16.0. The van der Waals surface area contributed by atoms with E-state index in [0.29, 0.717) is 13.2 Å². The van der Waals surface area contributed by atoms with Crippen molar-refractivity contribution in [1.29, 1.82) is 0 Å². The van der Waals surface area contributed by atoms with Crippen LogP contribution >= 0.6 is 0 Å². The first-order valence-corrected chi connectivity index (χ1v) is 9.58. The summed E-state index contributed by atoms with van der Waals surface area (Å²) in [4.78, 5) is 17.7. The predicted octanol–water partition coefficient (Wildman–Crippen LogP) is 3.29. The van der Waals surface area contributed by atoms with Crippen LogP contribution in [-0.4, -0.2) is 50.8 Å². The van der Waals surface area contributed by atoms with Crippen molar-refractivity contribution in [2.45, 2.75) is 19.4 Å². The first kappa shape index (κ1) is 17.9. The number of anilines is 1. The molecule has 2 aromatic rings. The number of benzene rings is 2. The number of morpholine rings is 1. The number of carbonyl (C=O) groups excluding carboxylic acids is 1. The van der Waals surface area contributed by atoms with Gasteiger partial charge in [0.25, 0.3) is 5.91 Å². The minimum Gasteiger partial charge on any atom is -0.497 e. The van der Waals surface area contributed by atoms with E-state index in [2.05, 4.69) is 24.0 Å². The molecule has 0 N–H and O–H groups in total. The second-order valence-corrected chi connectivity index (χ2v) is 7.11. The molecule has 142 valence electrons. The fraction of sp³-hybridized carbons (Fsp3) is 0.409. The van der Waals surface area contributed by atoms with Gasteiger partial charge < -0.3 is 19.3 Å². The van der Waals surface area contributed by atoms with Gasteiger partial charge in [-0.25, -0.2) is 0 Å². The van der Waals surface area contributed by atoms with E-state index in [9.17, 15) is 4.79 Å². The zero-order chi connectivity index (χ0) is 18.8. The van der Waals surface area contributed by atoms with E-state index in [0.717, 1.165) is 43.1 Å². The maximum atomic E-state index is 13.5. The van der Waals surface area contributed by atoms with Gasteiger partial charge in [0.15, 0.2) is 0 Å². The predicted molar refractivity (Wildman–Crippen MR) is 106 cm³/mol. The summed E-state index contributed by atoms with van der Waals surface area (Å²) in [5.74, 6) is 0.932. The second-order valence-electron chi connectivity index (χ2n) is 7.11. The number of ether oxygens (including phenoxy) is 2. The number of amides is 1. The highest BCUT2D eigenvalue weighted by atomic mass is 16.5. The first-order valence-electron chi connectivity index (χ1n) is 9.58. The van der Waals surface area contributed by atoms with Crippen LogP contribution in [0.1, 0.15) is 34.5 Å². The smallest absolute Gasteiger partial charge is 0.256 e. The minimum atomic E-state index is 0.0223. The lowest BCUT2D eigenvalue weighted by Crippen LogP contribution is -2.41. The van der Waals surface area contributed by atoms with Gasteiger partial charge in [-0.05, 0) is 48.7 Å². The molecule has 2 heterocycles. The van der Waals surface area contributed by atoms with Crippen molar-refractivity contribution in [3.8, 4) is 5.75 Å². The van der Waals surface area contributed by atoms with Crippen LogP contribution in [0.2, 0.25) is 0 Å². The lowest BCUT2D eigenvalue weighted by molar-refractivity contribution is 0.0677. The molecule has 5 nitrogen and oxygen atoms in total. The van der Waals surface area contributed by atoms with Gasteiger partial charge in [-0.1, -0.05) is 18.2 Å². The molecule has 0 spiro atoms. The molecule has 1 fully saturated rings. The van der Waals surface area contributed by atoms with E-state index in [4.69, 9.17) is 9.47 Å². The van der Waals surface area contributed by atoms with Crippen molar-refractivity contribution in [2.24, 2.45) is 0 Å². The van der Waals surface area contributed by atoms with Crippen molar-refractivity contribution in [1.82, 2.24) is 4.90 Å². The molecule has 5 heteroatoms. The van der Waals surface area contributed by atoms with Crippen molar-refractivity contribution in [3.63, 3.8) is 0 Å². The highest BCUT2D eigenvalue weighted by Gasteiger charge is 2.30. The Morgan fingerprint density at radius 2 is 1.89 bits per heavy atom. The van der Waals surface area contributed by atoms with Crippen LogP contribution in [0.15, 0.2) is 42.5 Å². The molecular formula is C22H26N2O3. The summed E-state index contributed by atoms with van der Waals surface area (Å²) >= 11 is 0. The Labute approximate surface area is 160 Å². The monoisotopic (exact) mass is 366 g/mol. The summed E-state index contributed by atoms with van der Waals surface area (Å²) in [6.45, 7) is 5.88. The SMILES string of the molecule is COc1ccc2c(c1)[C@@H](C)N(C(=O)c1ccccc1N1CCOCC1)CC2. The molecule has 4 rings (SSSR count). The van der Waals surface area contributed by atoms with Crippen LogP contribution in [0.3, 0.4) is 0 Å². The average Bonchev–Trinajstić information content (AvgIpc) is 2.74. The van der Waals surface area contributed by atoms with Gasteiger partial charge >= 0.3 is 0 Å². The van der Waals surface area contributed by atoms with Crippen LogP contribution in [0.25, 0.3) is 0 Å². The Morgan fingerprint density at radius 3 is 2.67 bits per heavy atom. The number of hydrogen-bond acceptors (Lipinski definition) is 4. The summed E-state index contributed by atoms with van der Waals surface area (Å²) in [6, 6.07) is 14.1. The van der Waals surface area contributed by atoms with Gasteiger partial charge in [-0.15, -0.1) is 0 Å². The fourth-order valence-corrected chi connectivity index (χ4v) is 4.09. The highest BCUT2D eigenvalue weighted by Crippen LogP contribution is 2.34. The number of methoxy groups -OCH3 is 1. The molecule has 0 bridgehead atoms. The number of fused-ring (bicyclic) bond motifs is 1. The van der Waals surface area contributed by atoms with Gasteiger partial charge in [0, 0.05) is 25.3 Å². The van der Waals surface area contributed by atoms with Crippen molar-refractivity contribution >= 4 is 11.6 Å². The molecule has 1 amide bonds. The largest absolute Gasteiger partial charge is 0.497 e. The normalized spacial score (nSPS) is 19.6. The standard InChI is InChI=1S/C22H26N2O3/c1-16-20-15-18(26-2)8-7-17(20)9-10-24(16)22(25)19-5-3-4-6-21(19)23-11-13-27-14-12-23/h3-8,15-16H,9-14H2,1-2H3/t16-/m1/s1. The molecule has 2 aromatic carbocycles. The molecular weight excluding hydrogens is 340 g/mol. The quantitative estimate of drug-likeness (QED) is 0.836. The van der Waals surface area contributed by atoms with Crippen molar-refractivity contribution in [3.05, 3.63) is 59.2 Å². The van der Waals surface area contributed by atoms with E-state index in [-0.39, 0.29) is 11.9 Å². The minimum absolute atomic E-state index is 0.0223. The van der Waals surface area contributed by atoms with Crippen LogP contribution in [0.4, 0.5) is 5.69 Å². The second kappa shape index (κ2) is 7.61. The number of rotatable bonds is 3. The molecule has 27 heavy (non-hydrogen) atoms. The van der Waals surface area contributed by atoms with E-state index in [1.165, 1.54) is 11.1 Å². The molecule has 1 atom stereocenters. The van der Waals surface area contributed by atoms with Crippen LogP contribution in [0, 0.1) is 0 Å². The Balaban J connectivity index is 1.63. The van der Waals surface area contributed by atoms with Crippen LogP contribution in [-0.2, 0) is 11.2 Å². The summed E-state index contributed by atoms with van der Waals surface area (Å²) in [7, 11) is 1.68.